The van der Waals surface area contributed by atoms with Crippen LogP contribution in [0, 0.1) is 11.8 Å². The van der Waals surface area contributed by atoms with E-state index in [4.69, 9.17) is 9.47 Å². The van der Waals surface area contributed by atoms with Crippen molar-refractivity contribution >= 4 is 21.8 Å². The second-order valence-electron chi connectivity index (χ2n) is 8.84. The van der Waals surface area contributed by atoms with Crippen LogP contribution in [0.25, 0.3) is 0 Å². The van der Waals surface area contributed by atoms with E-state index in [0.717, 1.165) is 61.8 Å². The molecule has 0 bridgehead atoms. The Morgan fingerprint density at radius 2 is 1.73 bits per heavy atom. The average molecular weight is 482 g/mol. The van der Waals surface area contributed by atoms with Gasteiger partial charge in [-0.15, -0.1) is 0 Å². The van der Waals surface area contributed by atoms with E-state index in [1.165, 1.54) is 12.0 Å². The van der Waals surface area contributed by atoms with Crippen molar-refractivity contribution in [3.8, 4) is 11.5 Å². The molecule has 0 aromatic heterocycles. The lowest BCUT2D eigenvalue weighted by Crippen LogP contribution is -2.51. The van der Waals surface area contributed by atoms with Gasteiger partial charge >= 0.3 is 0 Å². The number of hydrogen-bond acceptors (Lipinski definition) is 5. The van der Waals surface area contributed by atoms with E-state index < -0.39 is 0 Å². The first-order valence-corrected chi connectivity index (χ1v) is 11.9. The van der Waals surface area contributed by atoms with Crippen LogP contribution in [-0.4, -0.2) is 80.1 Å². The molecule has 0 saturated carbocycles. The normalized spacial score (nSPS) is 23.4. The highest BCUT2D eigenvalue weighted by Crippen LogP contribution is 2.37. The quantitative estimate of drug-likeness (QED) is 0.596. The maximum Gasteiger partial charge on any atom is 0.236 e. The van der Waals surface area contributed by atoms with E-state index in [1.54, 1.807) is 7.11 Å². The summed E-state index contributed by atoms with van der Waals surface area (Å²) < 4.78 is 12.1. The highest BCUT2D eigenvalue weighted by molar-refractivity contribution is 9.10. The maximum atomic E-state index is 12.8. The zero-order valence-corrected chi connectivity index (χ0v) is 20.4. The summed E-state index contributed by atoms with van der Waals surface area (Å²) in [5.41, 5.74) is 1.20. The van der Waals surface area contributed by atoms with Gasteiger partial charge < -0.3 is 14.4 Å². The Labute approximate surface area is 189 Å². The predicted molar refractivity (Wildman–Crippen MR) is 123 cm³/mol. The van der Waals surface area contributed by atoms with Gasteiger partial charge in [-0.3, -0.25) is 14.6 Å². The number of halogens is 1. The van der Waals surface area contributed by atoms with E-state index in [1.807, 2.05) is 6.92 Å². The van der Waals surface area contributed by atoms with Crippen molar-refractivity contribution < 1.29 is 14.3 Å². The number of carbonyl (C=O) groups is 1. The Kier molecular flexibility index (Phi) is 8.43. The van der Waals surface area contributed by atoms with Gasteiger partial charge in [-0.05, 0) is 58.8 Å². The first-order chi connectivity index (χ1) is 14.4. The minimum atomic E-state index is 0.294. The first kappa shape index (κ1) is 23.4. The Balaban J connectivity index is 1.50. The molecule has 2 saturated heterocycles. The van der Waals surface area contributed by atoms with Crippen LogP contribution in [0.5, 0.6) is 11.5 Å². The number of piperidine rings is 1. The molecule has 2 aliphatic heterocycles. The molecule has 0 aliphatic carbocycles. The smallest absolute Gasteiger partial charge is 0.236 e. The van der Waals surface area contributed by atoms with Crippen LogP contribution in [0.4, 0.5) is 0 Å². The van der Waals surface area contributed by atoms with Crippen LogP contribution < -0.4 is 9.47 Å². The molecular formula is C23H36BrN3O3. The Morgan fingerprint density at radius 3 is 2.33 bits per heavy atom. The molecule has 0 radical (unpaired) electrons. The highest BCUT2D eigenvalue weighted by atomic mass is 79.9. The summed E-state index contributed by atoms with van der Waals surface area (Å²) in [4.78, 5) is 19.6. The van der Waals surface area contributed by atoms with Gasteiger partial charge in [0.15, 0.2) is 11.5 Å². The number of amides is 1. The number of carbonyl (C=O) groups excluding carboxylic acids is 1. The number of piperazine rings is 1. The summed E-state index contributed by atoms with van der Waals surface area (Å²) in [5, 5.41) is 0. The fraction of sp³-hybridized carbons (Fsp3) is 0.696. The van der Waals surface area contributed by atoms with Crippen molar-refractivity contribution in [2.75, 3.05) is 59.5 Å². The number of hydrogen-bond donors (Lipinski definition) is 0. The van der Waals surface area contributed by atoms with Gasteiger partial charge in [0.05, 0.1) is 24.7 Å². The van der Waals surface area contributed by atoms with Crippen molar-refractivity contribution in [3.63, 3.8) is 0 Å². The molecule has 7 heteroatoms. The molecule has 3 rings (SSSR count). The molecule has 2 unspecified atom stereocenters. The van der Waals surface area contributed by atoms with E-state index in [2.05, 4.69) is 56.6 Å². The molecule has 6 nitrogen and oxygen atoms in total. The monoisotopic (exact) mass is 481 g/mol. The third-order valence-corrected chi connectivity index (χ3v) is 6.61. The van der Waals surface area contributed by atoms with Crippen molar-refractivity contribution in [1.29, 1.82) is 0 Å². The molecule has 1 aromatic rings. The molecule has 30 heavy (non-hydrogen) atoms. The molecule has 1 aromatic carbocycles. The number of methoxy groups -OCH3 is 1. The number of rotatable bonds is 7. The zero-order chi connectivity index (χ0) is 21.7. The summed E-state index contributed by atoms with van der Waals surface area (Å²) in [6.45, 7) is 14.1. The molecular weight excluding hydrogens is 446 g/mol. The van der Waals surface area contributed by atoms with Crippen molar-refractivity contribution in [3.05, 3.63) is 22.2 Å². The third kappa shape index (κ3) is 6.11. The van der Waals surface area contributed by atoms with Crippen molar-refractivity contribution in [1.82, 2.24) is 14.7 Å². The summed E-state index contributed by atoms with van der Waals surface area (Å²) in [6, 6.07) is 4.18. The van der Waals surface area contributed by atoms with Gasteiger partial charge in [0.2, 0.25) is 5.91 Å². The van der Waals surface area contributed by atoms with Crippen molar-refractivity contribution in [2.45, 2.75) is 33.7 Å². The molecule has 1 amide bonds. The second-order valence-corrected chi connectivity index (χ2v) is 9.69. The maximum absolute atomic E-state index is 12.8. The lowest BCUT2D eigenvalue weighted by molar-refractivity contribution is -0.135. The van der Waals surface area contributed by atoms with Gasteiger partial charge in [0.25, 0.3) is 0 Å². The van der Waals surface area contributed by atoms with Crippen LogP contribution in [-0.2, 0) is 11.3 Å². The minimum Gasteiger partial charge on any atom is -0.492 e. The number of benzene rings is 1. The molecule has 0 N–H and O–H groups in total. The van der Waals surface area contributed by atoms with Crippen LogP contribution in [0.2, 0.25) is 0 Å². The van der Waals surface area contributed by atoms with Gasteiger partial charge in [0.1, 0.15) is 0 Å². The molecule has 2 aliphatic rings. The topological polar surface area (TPSA) is 45.2 Å². The fourth-order valence-corrected chi connectivity index (χ4v) is 5.35. The average Bonchev–Trinajstić information content (AvgIpc) is 2.69. The fourth-order valence-electron chi connectivity index (χ4n) is 4.70. The SMILES string of the molecule is CCOc1cc(CN2CCN(CC(=O)N3CC(C)CC(C)C3)CC2)cc(Br)c1OC. The Bertz CT molecular complexity index is 712. The lowest BCUT2D eigenvalue weighted by atomic mass is 9.92. The summed E-state index contributed by atoms with van der Waals surface area (Å²) >= 11 is 3.60. The molecule has 168 valence electrons. The van der Waals surface area contributed by atoms with E-state index in [-0.39, 0.29) is 0 Å². The number of likely N-dealkylation sites (tertiary alicyclic amines) is 1. The minimum absolute atomic E-state index is 0.294. The number of ether oxygens (including phenoxy) is 2. The predicted octanol–water partition coefficient (Wildman–Crippen LogP) is 3.48. The summed E-state index contributed by atoms with van der Waals surface area (Å²) in [5.74, 6) is 3.03. The second kappa shape index (κ2) is 10.8. The molecule has 0 spiro atoms. The highest BCUT2D eigenvalue weighted by Gasteiger charge is 2.27. The van der Waals surface area contributed by atoms with E-state index >= 15 is 0 Å². The van der Waals surface area contributed by atoms with Crippen LogP contribution >= 0.6 is 15.9 Å². The Morgan fingerprint density at radius 1 is 1.10 bits per heavy atom. The van der Waals surface area contributed by atoms with Crippen LogP contribution in [0.1, 0.15) is 32.8 Å². The van der Waals surface area contributed by atoms with E-state index in [9.17, 15) is 4.79 Å². The molecule has 2 heterocycles. The van der Waals surface area contributed by atoms with Gasteiger partial charge in [-0.1, -0.05) is 13.8 Å². The number of nitrogens with zero attached hydrogens (tertiary/aromatic N) is 3. The summed E-state index contributed by atoms with van der Waals surface area (Å²) in [6.07, 6.45) is 1.23. The van der Waals surface area contributed by atoms with Crippen LogP contribution in [0.15, 0.2) is 16.6 Å². The van der Waals surface area contributed by atoms with Gasteiger partial charge in [-0.2, -0.15) is 0 Å². The molecule has 2 fully saturated rings. The lowest BCUT2D eigenvalue weighted by Gasteiger charge is -2.38. The standard InChI is InChI=1S/C23H36BrN3O3/c1-5-30-21-12-19(11-20(24)23(21)29-4)15-25-6-8-26(9-7-25)16-22(28)27-13-17(2)10-18(3)14-27/h11-12,17-18H,5-10,13-16H2,1-4H3. The Hall–Kier alpha value is -1.31. The third-order valence-electron chi connectivity index (χ3n) is 6.02. The largest absolute Gasteiger partial charge is 0.492 e. The van der Waals surface area contributed by atoms with Gasteiger partial charge in [0, 0.05) is 45.8 Å². The zero-order valence-electron chi connectivity index (χ0n) is 18.8. The van der Waals surface area contributed by atoms with E-state index in [0.29, 0.717) is 30.9 Å². The summed E-state index contributed by atoms with van der Waals surface area (Å²) in [7, 11) is 1.66. The molecule has 2 atom stereocenters. The van der Waals surface area contributed by atoms with Crippen LogP contribution in [0.3, 0.4) is 0 Å². The van der Waals surface area contributed by atoms with Crippen molar-refractivity contribution in [2.24, 2.45) is 11.8 Å². The first-order valence-electron chi connectivity index (χ1n) is 11.1. The van der Waals surface area contributed by atoms with Gasteiger partial charge in [-0.25, -0.2) is 0 Å².